The van der Waals surface area contributed by atoms with Gasteiger partial charge in [0.25, 0.3) is 0 Å². The first kappa shape index (κ1) is 13.7. The molecule has 0 fully saturated rings. The molecule has 5 heteroatoms. The quantitative estimate of drug-likeness (QED) is 0.821. The zero-order chi connectivity index (χ0) is 13.7. The highest BCUT2D eigenvalue weighted by Crippen LogP contribution is 2.31. The minimum Gasteiger partial charge on any atom is -0.486 e. The fraction of sp³-hybridized carbons (Fsp3) is 0.500. The monoisotopic (exact) mass is 264 g/mol. The van der Waals surface area contributed by atoms with E-state index >= 15 is 0 Å². The summed E-state index contributed by atoms with van der Waals surface area (Å²) in [6, 6.07) is 5.76. The third kappa shape index (κ3) is 3.38. The van der Waals surface area contributed by atoms with Crippen molar-refractivity contribution in [1.82, 2.24) is 5.32 Å². The van der Waals surface area contributed by atoms with Gasteiger partial charge >= 0.3 is 0 Å². The summed E-state index contributed by atoms with van der Waals surface area (Å²) in [6.07, 6.45) is 0.610. The molecule has 0 bridgehead atoms. The molecule has 0 aliphatic carbocycles. The highest BCUT2D eigenvalue weighted by Gasteiger charge is 2.18. The molecule has 1 heterocycles. The number of rotatable bonds is 5. The van der Waals surface area contributed by atoms with Crippen LogP contribution in [-0.2, 0) is 11.2 Å². The number of benzene rings is 1. The van der Waals surface area contributed by atoms with Gasteiger partial charge in [-0.15, -0.1) is 0 Å². The van der Waals surface area contributed by atoms with Crippen molar-refractivity contribution in [2.24, 2.45) is 11.7 Å². The summed E-state index contributed by atoms with van der Waals surface area (Å²) >= 11 is 0. The maximum Gasteiger partial charge on any atom is 0.224 e. The van der Waals surface area contributed by atoms with Crippen molar-refractivity contribution in [2.75, 3.05) is 26.3 Å². The maximum absolute atomic E-state index is 11.8. The Morgan fingerprint density at radius 2 is 2.11 bits per heavy atom. The van der Waals surface area contributed by atoms with Gasteiger partial charge in [-0.2, -0.15) is 0 Å². The molecule has 0 spiro atoms. The zero-order valence-electron chi connectivity index (χ0n) is 11.1. The Balaban J connectivity index is 2.07. The van der Waals surface area contributed by atoms with Crippen LogP contribution < -0.4 is 20.5 Å². The summed E-state index contributed by atoms with van der Waals surface area (Å²) < 4.78 is 11.0. The average Bonchev–Trinajstić information content (AvgIpc) is 2.44. The molecule has 1 aromatic carbocycles. The van der Waals surface area contributed by atoms with Crippen LogP contribution in [0, 0.1) is 5.92 Å². The molecule has 104 valence electrons. The van der Waals surface area contributed by atoms with Crippen molar-refractivity contribution >= 4 is 5.91 Å². The van der Waals surface area contributed by atoms with Crippen molar-refractivity contribution in [3.8, 4) is 11.5 Å². The van der Waals surface area contributed by atoms with E-state index in [4.69, 9.17) is 15.2 Å². The van der Waals surface area contributed by atoms with E-state index in [-0.39, 0.29) is 11.8 Å². The summed E-state index contributed by atoms with van der Waals surface area (Å²) in [5, 5.41) is 2.80. The largest absolute Gasteiger partial charge is 0.486 e. The Bertz CT molecular complexity index is 448. The molecule has 5 nitrogen and oxygen atoms in total. The number of amides is 1. The first-order chi connectivity index (χ1) is 9.24. The Morgan fingerprint density at radius 1 is 1.37 bits per heavy atom. The molecule has 1 aromatic rings. The number of carbonyl (C=O) groups is 1. The number of hydrogen-bond acceptors (Lipinski definition) is 4. The molecule has 1 atom stereocenters. The molecule has 3 N–H and O–H groups in total. The number of ether oxygens (including phenoxy) is 2. The third-order valence-electron chi connectivity index (χ3n) is 3.10. The number of carbonyl (C=O) groups excluding carboxylic acids is 1. The lowest BCUT2D eigenvalue weighted by atomic mass is 9.98. The van der Waals surface area contributed by atoms with Gasteiger partial charge in [0.2, 0.25) is 5.91 Å². The summed E-state index contributed by atoms with van der Waals surface area (Å²) in [4.78, 5) is 11.8. The van der Waals surface area contributed by atoms with E-state index in [1.54, 1.807) is 0 Å². The van der Waals surface area contributed by atoms with E-state index in [0.29, 0.717) is 32.7 Å². The number of hydrogen-bond donors (Lipinski definition) is 2. The predicted molar refractivity (Wildman–Crippen MR) is 72.4 cm³/mol. The van der Waals surface area contributed by atoms with Gasteiger partial charge in [-0.05, 0) is 31.0 Å². The first-order valence-electron chi connectivity index (χ1n) is 6.61. The molecule has 0 aromatic heterocycles. The molecule has 0 radical (unpaired) electrons. The molecular weight excluding hydrogens is 244 g/mol. The van der Waals surface area contributed by atoms with Gasteiger partial charge in [-0.3, -0.25) is 4.79 Å². The average molecular weight is 264 g/mol. The van der Waals surface area contributed by atoms with E-state index < -0.39 is 0 Å². The lowest BCUT2D eigenvalue weighted by Gasteiger charge is -2.20. The Labute approximate surface area is 113 Å². The Kier molecular flexibility index (Phi) is 4.63. The predicted octanol–water partition coefficient (Wildman–Crippen LogP) is 0.711. The fourth-order valence-corrected chi connectivity index (χ4v) is 2.10. The van der Waals surface area contributed by atoms with Crippen molar-refractivity contribution in [3.63, 3.8) is 0 Å². The Hall–Kier alpha value is -1.75. The Morgan fingerprint density at radius 3 is 2.79 bits per heavy atom. The third-order valence-corrected chi connectivity index (χ3v) is 3.10. The summed E-state index contributed by atoms with van der Waals surface area (Å²) in [7, 11) is 0. The molecule has 19 heavy (non-hydrogen) atoms. The van der Waals surface area contributed by atoms with Crippen LogP contribution in [0.2, 0.25) is 0 Å². The second-order valence-electron chi connectivity index (χ2n) is 4.51. The zero-order valence-corrected chi connectivity index (χ0v) is 11.1. The standard InChI is InChI=1S/C14H20N2O3/c1-2-16-14(17)11(9-15)7-10-3-4-12-13(8-10)19-6-5-18-12/h3-4,8,11H,2,5-7,9,15H2,1H3,(H,16,17). The van der Waals surface area contributed by atoms with Crippen LogP contribution in [0.15, 0.2) is 18.2 Å². The number of fused-ring (bicyclic) bond motifs is 1. The van der Waals surface area contributed by atoms with Crippen LogP contribution in [0.1, 0.15) is 12.5 Å². The van der Waals surface area contributed by atoms with Crippen LogP contribution in [0.25, 0.3) is 0 Å². The number of nitrogens with one attached hydrogen (secondary N) is 1. The van der Waals surface area contributed by atoms with E-state index in [9.17, 15) is 4.79 Å². The second kappa shape index (κ2) is 6.43. The van der Waals surface area contributed by atoms with Gasteiger partial charge in [0, 0.05) is 13.1 Å². The number of nitrogens with two attached hydrogens (primary N) is 1. The van der Waals surface area contributed by atoms with Gasteiger partial charge in [0.1, 0.15) is 13.2 Å². The second-order valence-corrected chi connectivity index (χ2v) is 4.51. The molecular formula is C14H20N2O3. The molecule has 0 saturated carbocycles. The maximum atomic E-state index is 11.8. The van der Waals surface area contributed by atoms with Crippen LogP contribution in [-0.4, -0.2) is 32.2 Å². The normalized spacial score (nSPS) is 14.8. The topological polar surface area (TPSA) is 73.6 Å². The van der Waals surface area contributed by atoms with Gasteiger partial charge in [0.15, 0.2) is 11.5 Å². The SMILES string of the molecule is CCNC(=O)C(CN)Cc1ccc2c(c1)OCCO2. The molecule has 2 rings (SSSR count). The van der Waals surface area contributed by atoms with Crippen LogP contribution >= 0.6 is 0 Å². The minimum absolute atomic E-state index is 0.000103. The molecule has 1 aliphatic heterocycles. The molecule has 0 saturated heterocycles. The van der Waals surface area contributed by atoms with Crippen molar-refractivity contribution in [2.45, 2.75) is 13.3 Å². The van der Waals surface area contributed by atoms with Gasteiger partial charge in [-0.1, -0.05) is 6.07 Å². The van der Waals surface area contributed by atoms with E-state index in [1.807, 2.05) is 25.1 Å². The van der Waals surface area contributed by atoms with Gasteiger partial charge in [0.05, 0.1) is 5.92 Å². The summed E-state index contributed by atoms with van der Waals surface area (Å²) in [6.45, 7) is 4.00. The lowest BCUT2D eigenvalue weighted by molar-refractivity contribution is -0.124. The minimum atomic E-state index is -0.206. The van der Waals surface area contributed by atoms with Crippen molar-refractivity contribution in [1.29, 1.82) is 0 Å². The van der Waals surface area contributed by atoms with Gasteiger partial charge < -0.3 is 20.5 Å². The van der Waals surface area contributed by atoms with Crippen LogP contribution in [0.4, 0.5) is 0 Å². The smallest absolute Gasteiger partial charge is 0.224 e. The van der Waals surface area contributed by atoms with E-state index in [2.05, 4.69) is 5.32 Å². The first-order valence-corrected chi connectivity index (χ1v) is 6.61. The highest BCUT2D eigenvalue weighted by molar-refractivity contribution is 5.79. The molecule has 1 unspecified atom stereocenters. The van der Waals surface area contributed by atoms with E-state index in [1.165, 1.54) is 0 Å². The van der Waals surface area contributed by atoms with Crippen LogP contribution in [0.3, 0.4) is 0 Å². The summed E-state index contributed by atoms with van der Waals surface area (Å²) in [5.74, 6) is 1.30. The summed E-state index contributed by atoms with van der Waals surface area (Å²) in [5.41, 5.74) is 6.71. The molecule has 1 amide bonds. The van der Waals surface area contributed by atoms with Crippen molar-refractivity contribution in [3.05, 3.63) is 23.8 Å². The lowest BCUT2D eigenvalue weighted by Crippen LogP contribution is -2.36. The van der Waals surface area contributed by atoms with Gasteiger partial charge in [-0.25, -0.2) is 0 Å². The fourth-order valence-electron chi connectivity index (χ4n) is 2.10. The van der Waals surface area contributed by atoms with E-state index in [0.717, 1.165) is 17.1 Å². The molecule has 1 aliphatic rings. The van der Waals surface area contributed by atoms with Crippen molar-refractivity contribution < 1.29 is 14.3 Å². The van der Waals surface area contributed by atoms with Crippen LogP contribution in [0.5, 0.6) is 11.5 Å². The highest BCUT2D eigenvalue weighted by atomic mass is 16.6.